The second kappa shape index (κ2) is 8.25. The third-order valence-electron chi connectivity index (χ3n) is 9.74. The smallest absolute Gasteiger partial charge is 0.501 e. The molecule has 0 aromatic carbocycles. The molecule has 4 rings (SSSR count). The van der Waals surface area contributed by atoms with Crippen LogP contribution in [0.15, 0.2) is 23.5 Å². The first-order valence-electron chi connectivity index (χ1n) is 12.0. The van der Waals surface area contributed by atoms with Crippen molar-refractivity contribution in [3.63, 3.8) is 0 Å². The van der Waals surface area contributed by atoms with Crippen LogP contribution in [0, 0.1) is 40.9 Å². The summed E-state index contributed by atoms with van der Waals surface area (Å²) in [6.07, 6.45) is 13.3. The monoisotopic (exact) mass is 472 g/mol. The Morgan fingerprint density at radius 1 is 1.03 bits per heavy atom. The molecule has 0 aromatic rings. The number of hydrogen-bond donors (Lipinski definition) is 0. The Labute approximate surface area is 202 Å². The first-order chi connectivity index (χ1) is 16.1. The van der Waals surface area contributed by atoms with Crippen molar-refractivity contribution in [1.29, 1.82) is 0 Å². The number of carbonyl (C=O) groups is 2. The summed E-state index contributed by atoms with van der Waals surface area (Å²) in [5.41, 5.74) is -1.61. The molecule has 7 atom stereocenters. The van der Waals surface area contributed by atoms with Crippen LogP contribution in [0.1, 0.15) is 59.3 Å². The number of terminal acetylenes is 1. The minimum Gasteiger partial charge on any atom is -0.501 e. The molecule has 0 amide bonds. The number of rotatable bonds is 3. The second-order valence-electron chi connectivity index (χ2n) is 10.7. The van der Waals surface area contributed by atoms with Gasteiger partial charge in [-0.3, -0.25) is 0 Å². The van der Waals surface area contributed by atoms with E-state index in [0.717, 1.165) is 37.0 Å². The Balaban J connectivity index is 1.84. The van der Waals surface area contributed by atoms with Crippen molar-refractivity contribution in [3.8, 4) is 12.3 Å². The summed E-state index contributed by atoms with van der Waals surface area (Å²) in [5.74, 6) is 3.80. The first kappa shape index (κ1) is 24.5. The maximum absolute atomic E-state index is 12.6. The summed E-state index contributed by atoms with van der Waals surface area (Å²) in [6, 6.07) is 0. The van der Waals surface area contributed by atoms with Gasteiger partial charge in [0.1, 0.15) is 5.60 Å². The van der Waals surface area contributed by atoms with E-state index in [1.807, 2.05) is 6.92 Å². The predicted molar refractivity (Wildman–Crippen MR) is 125 cm³/mol. The summed E-state index contributed by atoms with van der Waals surface area (Å²) < 4.78 is 27.6. The van der Waals surface area contributed by atoms with E-state index in [9.17, 15) is 9.59 Å². The maximum Gasteiger partial charge on any atom is 0.509 e. The molecule has 34 heavy (non-hydrogen) atoms. The van der Waals surface area contributed by atoms with Crippen molar-refractivity contribution < 1.29 is 33.3 Å². The Bertz CT molecular complexity index is 976. The molecular formula is C27H36O7. The number of ether oxygens (including phenoxy) is 5. The van der Waals surface area contributed by atoms with Crippen LogP contribution in [0.4, 0.5) is 9.59 Å². The Morgan fingerprint density at radius 2 is 1.71 bits per heavy atom. The van der Waals surface area contributed by atoms with Crippen LogP contribution in [-0.4, -0.2) is 44.8 Å². The SMILES string of the molecule is C#C[C@]1(OC(=O)OC)[C@@H](C)C[C@H]2[C@@H]3CC=C4C=C(OC)CC[C@]4(C)[C@@]3(OC(=O)OC)CC[C@@]21C. The summed E-state index contributed by atoms with van der Waals surface area (Å²) >= 11 is 0. The van der Waals surface area contributed by atoms with Gasteiger partial charge in [-0.05, 0) is 49.7 Å². The summed E-state index contributed by atoms with van der Waals surface area (Å²) in [4.78, 5) is 24.9. The number of hydrogen-bond acceptors (Lipinski definition) is 7. The molecule has 0 aliphatic heterocycles. The molecule has 0 spiro atoms. The quantitative estimate of drug-likeness (QED) is 0.402. The van der Waals surface area contributed by atoms with E-state index in [-0.39, 0.29) is 17.8 Å². The largest absolute Gasteiger partial charge is 0.509 e. The van der Waals surface area contributed by atoms with E-state index in [1.54, 1.807) is 7.11 Å². The highest BCUT2D eigenvalue weighted by molar-refractivity contribution is 5.62. The van der Waals surface area contributed by atoms with Crippen LogP contribution >= 0.6 is 0 Å². The average Bonchev–Trinajstić information content (AvgIpc) is 3.05. The van der Waals surface area contributed by atoms with Crippen LogP contribution in [0.3, 0.4) is 0 Å². The Hall–Kier alpha value is -2.62. The van der Waals surface area contributed by atoms with E-state index in [1.165, 1.54) is 14.2 Å². The molecule has 0 aromatic heterocycles. The number of carbonyl (C=O) groups excluding carboxylic acids is 2. The average molecular weight is 473 g/mol. The van der Waals surface area contributed by atoms with Crippen molar-refractivity contribution in [1.82, 2.24) is 0 Å². The van der Waals surface area contributed by atoms with Gasteiger partial charge in [0.25, 0.3) is 0 Å². The van der Waals surface area contributed by atoms with Crippen molar-refractivity contribution in [3.05, 3.63) is 23.5 Å². The molecule has 0 bridgehead atoms. The molecule has 7 nitrogen and oxygen atoms in total. The first-order valence-corrected chi connectivity index (χ1v) is 12.0. The molecule has 0 heterocycles. The van der Waals surface area contributed by atoms with Crippen molar-refractivity contribution in [2.24, 2.45) is 28.6 Å². The van der Waals surface area contributed by atoms with Gasteiger partial charge >= 0.3 is 12.3 Å². The molecule has 0 N–H and O–H groups in total. The van der Waals surface area contributed by atoms with Crippen LogP contribution in [-0.2, 0) is 23.7 Å². The van der Waals surface area contributed by atoms with Crippen molar-refractivity contribution in [2.75, 3.05) is 21.3 Å². The fourth-order valence-electron chi connectivity index (χ4n) is 7.85. The lowest BCUT2D eigenvalue weighted by Crippen LogP contribution is -2.66. The van der Waals surface area contributed by atoms with E-state index in [4.69, 9.17) is 30.1 Å². The highest BCUT2D eigenvalue weighted by Gasteiger charge is 2.73. The third kappa shape index (κ3) is 3.03. The highest BCUT2D eigenvalue weighted by Crippen LogP contribution is 2.71. The van der Waals surface area contributed by atoms with E-state index in [0.29, 0.717) is 12.8 Å². The lowest BCUT2D eigenvalue weighted by Gasteiger charge is -2.63. The van der Waals surface area contributed by atoms with Gasteiger partial charge in [-0.25, -0.2) is 9.59 Å². The van der Waals surface area contributed by atoms with E-state index in [2.05, 4.69) is 31.9 Å². The topological polar surface area (TPSA) is 80.3 Å². The molecule has 2 saturated carbocycles. The van der Waals surface area contributed by atoms with E-state index >= 15 is 0 Å². The van der Waals surface area contributed by atoms with Crippen LogP contribution in [0.2, 0.25) is 0 Å². The minimum absolute atomic E-state index is 0.00415. The van der Waals surface area contributed by atoms with Crippen LogP contribution in [0.5, 0.6) is 0 Å². The molecule has 0 unspecified atom stereocenters. The van der Waals surface area contributed by atoms with Crippen LogP contribution in [0.25, 0.3) is 0 Å². The van der Waals surface area contributed by atoms with Gasteiger partial charge in [-0.1, -0.05) is 32.8 Å². The van der Waals surface area contributed by atoms with Crippen molar-refractivity contribution >= 4 is 12.3 Å². The second-order valence-corrected chi connectivity index (χ2v) is 10.7. The zero-order valence-electron chi connectivity index (χ0n) is 21.1. The van der Waals surface area contributed by atoms with Crippen LogP contribution < -0.4 is 0 Å². The normalized spacial score (nSPS) is 42.4. The third-order valence-corrected chi connectivity index (χ3v) is 9.74. The molecule has 186 valence electrons. The lowest BCUT2D eigenvalue weighted by atomic mass is 9.45. The van der Waals surface area contributed by atoms with Gasteiger partial charge in [0.15, 0.2) is 5.60 Å². The maximum atomic E-state index is 12.6. The van der Waals surface area contributed by atoms with Gasteiger partial charge in [-0.15, -0.1) is 6.42 Å². The lowest BCUT2D eigenvalue weighted by molar-refractivity contribution is -0.203. The van der Waals surface area contributed by atoms with E-state index < -0.39 is 34.3 Å². The molecule has 4 aliphatic carbocycles. The molecule has 0 saturated heterocycles. The number of fused-ring (bicyclic) bond motifs is 5. The summed E-state index contributed by atoms with van der Waals surface area (Å²) in [7, 11) is 4.33. The fourth-order valence-corrected chi connectivity index (χ4v) is 7.85. The highest BCUT2D eigenvalue weighted by atomic mass is 16.7. The standard InChI is InChI=1S/C27H36O7/c1-8-26(33-22(28)31-6)17(2)15-21-20-10-9-18-16-19(30-5)11-12-24(18,3)27(20,34-23(29)32-7)14-13-25(21,26)4/h1,9,16-17,20-21H,10-15H2,2-7H3/t17-,20-,21-,24-,25-,26-,27+/m0/s1. The van der Waals surface area contributed by atoms with Gasteiger partial charge in [0.2, 0.25) is 0 Å². The minimum atomic E-state index is -1.09. The summed E-state index contributed by atoms with van der Waals surface area (Å²) in [5, 5.41) is 0. The van der Waals surface area contributed by atoms with Gasteiger partial charge in [0.05, 0.1) is 27.1 Å². The zero-order valence-corrected chi connectivity index (χ0v) is 21.1. The molecule has 4 aliphatic rings. The molecular weight excluding hydrogens is 436 g/mol. The van der Waals surface area contributed by atoms with Gasteiger partial charge in [-0.2, -0.15) is 0 Å². The number of methoxy groups -OCH3 is 3. The number of allylic oxidation sites excluding steroid dienone is 3. The Kier molecular flexibility index (Phi) is 5.95. The predicted octanol–water partition coefficient (Wildman–Crippen LogP) is 5.40. The van der Waals surface area contributed by atoms with Crippen molar-refractivity contribution in [2.45, 2.75) is 70.5 Å². The molecule has 7 heteroatoms. The van der Waals surface area contributed by atoms with Gasteiger partial charge in [0, 0.05) is 29.1 Å². The molecule has 2 fully saturated rings. The zero-order chi connectivity index (χ0) is 24.9. The fraction of sp³-hybridized carbons (Fsp3) is 0.704. The Morgan fingerprint density at radius 3 is 2.32 bits per heavy atom. The van der Waals surface area contributed by atoms with Gasteiger partial charge < -0.3 is 23.7 Å². The summed E-state index contributed by atoms with van der Waals surface area (Å²) in [6.45, 7) is 6.35. The molecule has 0 radical (unpaired) electrons.